The molecule has 1 aromatic rings. The fourth-order valence-electron chi connectivity index (χ4n) is 2.14. The topological polar surface area (TPSA) is 41.1 Å². The van der Waals surface area contributed by atoms with Gasteiger partial charge in [0.15, 0.2) is 0 Å². The Hall–Kier alpha value is -0.480. The molecule has 0 bridgehead atoms. The quantitative estimate of drug-likeness (QED) is 0.897. The van der Waals surface area contributed by atoms with Gasteiger partial charge in [0.2, 0.25) is 5.91 Å². The minimum atomic E-state index is -0.135. The summed E-state index contributed by atoms with van der Waals surface area (Å²) in [4.78, 5) is 12.0. The van der Waals surface area contributed by atoms with Crippen LogP contribution in [0.2, 0.25) is 10.0 Å². The molecule has 6 heteroatoms. The normalized spacial score (nSPS) is 19.6. The number of hydrogen-bond acceptors (Lipinski definition) is 2. The fourth-order valence-corrected chi connectivity index (χ4v) is 2.61. The van der Waals surface area contributed by atoms with Gasteiger partial charge in [0.25, 0.3) is 0 Å². The van der Waals surface area contributed by atoms with Crippen LogP contribution in [0.3, 0.4) is 0 Å². The van der Waals surface area contributed by atoms with Crippen LogP contribution in [0.4, 0.5) is 0 Å². The van der Waals surface area contributed by atoms with E-state index >= 15 is 0 Å². The fraction of sp³-hybridized carbons (Fsp3) is 0.462. The molecule has 0 aliphatic carbocycles. The molecule has 1 fully saturated rings. The highest BCUT2D eigenvalue weighted by Gasteiger charge is 2.24. The third kappa shape index (κ3) is 3.99. The number of halogens is 3. The number of carbonyl (C=O) groups excluding carboxylic acids is 1. The molecule has 2 atom stereocenters. The molecule has 3 nitrogen and oxygen atoms in total. The number of nitrogens with one attached hydrogen (secondary N) is 2. The van der Waals surface area contributed by atoms with Crippen molar-refractivity contribution >= 4 is 41.5 Å². The largest absolute Gasteiger partial charge is 0.349 e. The van der Waals surface area contributed by atoms with Gasteiger partial charge in [0.05, 0.1) is 22.0 Å². The minimum absolute atomic E-state index is 0. The summed E-state index contributed by atoms with van der Waals surface area (Å²) in [6, 6.07) is 5.32. The van der Waals surface area contributed by atoms with Gasteiger partial charge in [-0.2, -0.15) is 0 Å². The molecule has 2 unspecified atom stereocenters. The predicted molar refractivity (Wildman–Crippen MR) is 81.2 cm³/mol. The Morgan fingerprint density at radius 2 is 2.21 bits per heavy atom. The maximum absolute atomic E-state index is 12.0. The number of carbonyl (C=O) groups is 1. The molecule has 106 valence electrons. The molecular weight excluding hydrogens is 307 g/mol. The molecule has 19 heavy (non-hydrogen) atoms. The van der Waals surface area contributed by atoms with Gasteiger partial charge in [-0.1, -0.05) is 35.3 Å². The minimum Gasteiger partial charge on any atom is -0.349 e. The standard InChI is InChI=1S/C13H16Cl2N2O.ClH/c1-8(10-3-2-4-11(14)12(10)15)17-13(18)9-5-6-16-7-9;/h2-4,8-9,16H,5-7H2,1H3,(H,17,18);1H. The number of benzene rings is 1. The molecule has 0 saturated carbocycles. The maximum atomic E-state index is 12.0. The molecule has 1 saturated heterocycles. The molecule has 0 radical (unpaired) electrons. The number of rotatable bonds is 3. The summed E-state index contributed by atoms with van der Waals surface area (Å²) >= 11 is 12.1. The first-order chi connectivity index (χ1) is 8.59. The van der Waals surface area contributed by atoms with E-state index in [4.69, 9.17) is 23.2 Å². The average Bonchev–Trinajstić information content (AvgIpc) is 2.86. The van der Waals surface area contributed by atoms with E-state index in [2.05, 4.69) is 10.6 Å². The lowest BCUT2D eigenvalue weighted by Crippen LogP contribution is -2.33. The van der Waals surface area contributed by atoms with E-state index in [-0.39, 0.29) is 30.3 Å². The Labute approximate surface area is 129 Å². The van der Waals surface area contributed by atoms with Crippen LogP contribution in [0, 0.1) is 5.92 Å². The van der Waals surface area contributed by atoms with Gasteiger partial charge < -0.3 is 10.6 Å². The van der Waals surface area contributed by atoms with Crippen LogP contribution < -0.4 is 10.6 Å². The first kappa shape index (κ1) is 16.6. The number of hydrogen-bond donors (Lipinski definition) is 2. The molecule has 1 heterocycles. The third-order valence-electron chi connectivity index (χ3n) is 3.24. The van der Waals surface area contributed by atoms with Crippen molar-refractivity contribution in [2.75, 3.05) is 13.1 Å². The van der Waals surface area contributed by atoms with Crippen molar-refractivity contribution in [3.8, 4) is 0 Å². The van der Waals surface area contributed by atoms with Gasteiger partial charge in [-0.15, -0.1) is 12.4 Å². The highest BCUT2D eigenvalue weighted by molar-refractivity contribution is 6.42. The SMILES string of the molecule is CC(NC(=O)C1CCNC1)c1cccc(Cl)c1Cl.Cl. The molecule has 2 rings (SSSR count). The second kappa shape index (κ2) is 7.34. The zero-order valence-corrected chi connectivity index (χ0v) is 12.9. The van der Waals surface area contributed by atoms with Crippen molar-refractivity contribution in [1.29, 1.82) is 0 Å². The monoisotopic (exact) mass is 322 g/mol. The summed E-state index contributed by atoms with van der Waals surface area (Å²) in [5, 5.41) is 7.19. The van der Waals surface area contributed by atoms with Gasteiger partial charge in [-0.3, -0.25) is 4.79 Å². The van der Waals surface area contributed by atoms with Gasteiger partial charge in [0.1, 0.15) is 0 Å². The molecule has 1 aliphatic heterocycles. The van der Waals surface area contributed by atoms with E-state index in [9.17, 15) is 4.79 Å². The van der Waals surface area contributed by atoms with Crippen LogP contribution in [-0.4, -0.2) is 19.0 Å². The van der Waals surface area contributed by atoms with E-state index in [1.165, 1.54) is 0 Å². The summed E-state index contributed by atoms with van der Waals surface area (Å²) in [5.41, 5.74) is 0.850. The van der Waals surface area contributed by atoms with Crippen molar-refractivity contribution in [1.82, 2.24) is 10.6 Å². The Bertz CT molecular complexity index is 448. The molecule has 0 spiro atoms. The summed E-state index contributed by atoms with van der Waals surface area (Å²) in [5.74, 6) is 0.133. The molecule has 1 amide bonds. The number of amides is 1. The Balaban J connectivity index is 0.00000180. The maximum Gasteiger partial charge on any atom is 0.224 e. The summed E-state index contributed by atoms with van der Waals surface area (Å²) in [6.07, 6.45) is 0.891. The third-order valence-corrected chi connectivity index (χ3v) is 4.07. The first-order valence-corrected chi connectivity index (χ1v) is 6.80. The predicted octanol–water partition coefficient (Wildman–Crippen LogP) is 3.20. The van der Waals surface area contributed by atoms with Gasteiger partial charge in [0, 0.05) is 6.54 Å². The average molecular weight is 324 g/mol. The Morgan fingerprint density at radius 3 is 2.84 bits per heavy atom. The van der Waals surface area contributed by atoms with Crippen molar-refractivity contribution in [3.63, 3.8) is 0 Å². The molecule has 0 aromatic heterocycles. The lowest BCUT2D eigenvalue weighted by molar-refractivity contribution is -0.125. The van der Waals surface area contributed by atoms with E-state index in [1.807, 2.05) is 19.1 Å². The highest BCUT2D eigenvalue weighted by atomic mass is 35.5. The van der Waals surface area contributed by atoms with Crippen LogP contribution in [0.25, 0.3) is 0 Å². The van der Waals surface area contributed by atoms with Crippen LogP contribution in [0.1, 0.15) is 24.9 Å². The molecule has 1 aromatic carbocycles. The highest BCUT2D eigenvalue weighted by Crippen LogP contribution is 2.29. The van der Waals surface area contributed by atoms with Crippen LogP contribution in [-0.2, 0) is 4.79 Å². The van der Waals surface area contributed by atoms with Gasteiger partial charge >= 0.3 is 0 Å². The van der Waals surface area contributed by atoms with Crippen molar-refractivity contribution in [3.05, 3.63) is 33.8 Å². The summed E-state index contributed by atoms with van der Waals surface area (Å²) in [6.45, 7) is 3.57. The lowest BCUT2D eigenvalue weighted by Gasteiger charge is -2.18. The van der Waals surface area contributed by atoms with Crippen LogP contribution in [0.15, 0.2) is 18.2 Å². The zero-order chi connectivity index (χ0) is 13.1. The second-order valence-corrected chi connectivity index (χ2v) is 5.35. The van der Waals surface area contributed by atoms with Crippen molar-refractivity contribution in [2.24, 2.45) is 5.92 Å². The van der Waals surface area contributed by atoms with E-state index in [0.717, 1.165) is 25.1 Å². The van der Waals surface area contributed by atoms with E-state index in [0.29, 0.717) is 10.0 Å². The van der Waals surface area contributed by atoms with Gasteiger partial charge in [-0.05, 0) is 31.5 Å². The first-order valence-electron chi connectivity index (χ1n) is 6.04. The van der Waals surface area contributed by atoms with Crippen LogP contribution >= 0.6 is 35.6 Å². The molecular formula is C13H17Cl3N2O. The van der Waals surface area contributed by atoms with Crippen LogP contribution in [0.5, 0.6) is 0 Å². The van der Waals surface area contributed by atoms with Gasteiger partial charge in [-0.25, -0.2) is 0 Å². The summed E-state index contributed by atoms with van der Waals surface area (Å²) < 4.78 is 0. The molecule has 2 N–H and O–H groups in total. The lowest BCUT2D eigenvalue weighted by atomic mass is 10.1. The van der Waals surface area contributed by atoms with Crippen molar-refractivity contribution in [2.45, 2.75) is 19.4 Å². The Morgan fingerprint density at radius 1 is 1.47 bits per heavy atom. The Kier molecular flexibility index (Phi) is 6.40. The van der Waals surface area contributed by atoms with Crippen molar-refractivity contribution < 1.29 is 4.79 Å². The van der Waals surface area contributed by atoms with E-state index < -0.39 is 0 Å². The molecule has 1 aliphatic rings. The van der Waals surface area contributed by atoms with E-state index in [1.54, 1.807) is 6.07 Å². The second-order valence-electron chi connectivity index (χ2n) is 4.56. The summed E-state index contributed by atoms with van der Waals surface area (Å²) in [7, 11) is 0. The zero-order valence-electron chi connectivity index (χ0n) is 10.6. The smallest absolute Gasteiger partial charge is 0.224 e.